The topological polar surface area (TPSA) is 62.5 Å². The first-order valence-corrected chi connectivity index (χ1v) is 16.4. The Morgan fingerprint density at radius 2 is 1.40 bits per heavy atom. The zero-order valence-electron chi connectivity index (χ0n) is 17.9. The maximum atomic E-state index is 6.73. The Morgan fingerprint density at radius 1 is 0.840 bits per heavy atom. The van der Waals surface area contributed by atoms with Crippen LogP contribution in [0.1, 0.15) is 25.7 Å². The van der Waals surface area contributed by atoms with Crippen molar-refractivity contribution in [2.75, 3.05) is 53.4 Å². The average molecular weight is 391 g/mol. The maximum Gasteiger partial charge on any atom is 0.173 e. The van der Waals surface area contributed by atoms with Crippen LogP contribution >= 0.6 is 0 Å². The highest BCUT2D eigenvalue weighted by atomic mass is 28.4. The lowest BCUT2D eigenvalue weighted by Crippen LogP contribution is -2.44. The molecule has 0 atom stereocenters. The largest absolute Gasteiger partial charge is 0.455 e. The van der Waals surface area contributed by atoms with Gasteiger partial charge in [-0.3, -0.25) is 0 Å². The molecule has 0 aliphatic rings. The Labute approximate surface area is 159 Å². The highest BCUT2D eigenvalue weighted by Crippen LogP contribution is 2.23. The van der Waals surface area contributed by atoms with Crippen molar-refractivity contribution in [1.29, 1.82) is 0 Å². The van der Waals surface area contributed by atoms with Gasteiger partial charge in [0, 0.05) is 0 Å². The first-order chi connectivity index (χ1) is 11.7. The van der Waals surface area contributed by atoms with Crippen LogP contribution in [0.2, 0.25) is 38.3 Å². The van der Waals surface area contributed by atoms with Gasteiger partial charge < -0.3 is 25.4 Å². The van der Waals surface area contributed by atoms with Gasteiger partial charge in [0.2, 0.25) is 0 Å². The molecule has 0 amide bonds. The van der Waals surface area contributed by atoms with Gasteiger partial charge in [-0.1, -0.05) is 0 Å². The predicted octanol–water partition coefficient (Wildman–Crippen LogP) is 2.67. The van der Waals surface area contributed by atoms with Crippen molar-refractivity contribution < 1.29 is 4.12 Å². The normalized spacial score (nSPS) is 13.0. The molecule has 0 radical (unpaired) electrons. The summed E-state index contributed by atoms with van der Waals surface area (Å²) in [5, 5.41) is 6.73. The lowest BCUT2D eigenvalue weighted by molar-refractivity contribution is 0.330. The van der Waals surface area contributed by atoms with Crippen LogP contribution in [-0.4, -0.2) is 74.9 Å². The highest BCUT2D eigenvalue weighted by molar-refractivity contribution is 6.84. The maximum absolute atomic E-state index is 6.73. The Kier molecular flexibility index (Phi) is 14.4. The Hall–Kier alpha value is 0.234. The molecule has 25 heavy (non-hydrogen) atoms. The van der Waals surface area contributed by atoms with Crippen LogP contribution in [0.4, 0.5) is 0 Å². The van der Waals surface area contributed by atoms with Crippen LogP contribution in [0, 0.1) is 0 Å². The van der Waals surface area contributed by atoms with Crippen molar-refractivity contribution in [1.82, 2.24) is 15.5 Å². The summed E-state index contributed by atoms with van der Waals surface area (Å²) in [5.74, 6) is 0. The lowest BCUT2D eigenvalue weighted by atomic mass is 10.3. The van der Waals surface area contributed by atoms with Crippen LogP contribution < -0.4 is 16.4 Å². The van der Waals surface area contributed by atoms with Gasteiger partial charge in [0.1, 0.15) is 0 Å². The molecule has 152 valence electrons. The summed E-state index contributed by atoms with van der Waals surface area (Å²) in [5.41, 5.74) is 5.58. The van der Waals surface area contributed by atoms with Gasteiger partial charge in [-0.25, -0.2) is 0 Å². The fourth-order valence-corrected chi connectivity index (χ4v) is 12.1. The molecule has 0 saturated carbocycles. The van der Waals surface area contributed by atoms with Gasteiger partial charge in [-0.15, -0.1) is 0 Å². The first kappa shape index (κ1) is 25.2. The minimum absolute atomic E-state index is 0.790. The Morgan fingerprint density at radius 3 is 2.00 bits per heavy atom. The van der Waals surface area contributed by atoms with E-state index in [1.54, 1.807) is 0 Å². The quantitative estimate of drug-likeness (QED) is 0.263. The zero-order chi connectivity index (χ0) is 19.2. The van der Waals surface area contributed by atoms with Crippen molar-refractivity contribution in [2.24, 2.45) is 5.73 Å². The standard InChI is InChI=1S/C18H46N4OSi2/c1-20-12-8-13-21-14-9-17-24(3,4)23-25(5,6)18-10-16-22(2)15-7-11-19/h20-21H,7-19H2,1-6H3. The van der Waals surface area contributed by atoms with E-state index in [1.807, 2.05) is 7.05 Å². The molecule has 5 nitrogen and oxygen atoms in total. The molecule has 0 spiro atoms. The minimum atomic E-state index is -1.54. The third-order valence-electron chi connectivity index (χ3n) is 4.53. The Bertz CT molecular complexity index is 317. The lowest BCUT2D eigenvalue weighted by Gasteiger charge is -2.34. The van der Waals surface area contributed by atoms with E-state index in [0.29, 0.717) is 0 Å². The number of hydrogen-bond acceptors (Lipinski definition) is 5. The van der Waals surface area contributed by atoms with Gasteiger partial charge in [-0.2, -0.15) is 0 Å². The van der Waals surface area contributed by atoms with Crippen LogP contribution in [0.15, 0.2) is 0 Å². The monoisotopic (exact) mass is 390 g/mol. The number of hydrogen-bond donors (Lipinski definition) is 3. The molecule has 0 aromatic rings. The van der Waals surface area contributed by atoms with Gasteiger partial charge in [0.15, 0.2) is 16.6 Å². The molecule has 0 saturated heterocycles. The minimum Gasteiger partial charge on any atom is -0.455 e. The highest BCUT2D eigenvalue weighted by Gasteiger charge is 2.32. The second kappa shape index (κ2) is 14.3. The number of nitrogens with two attached hydrogens (primary N) is 1. The molecule has 0 aromatic carbocycles. The molecule has 0 aliphatic carbocycles. The second-order valence-corrected chi connectivity index (χ2v) is 17.3. The van der Waals surface area contributed by atoms with Crippen LogP contribution in [0.5, 0.6) is 0 Å². The van der Waals surface area contributed by atoms with Crippen LogP contribution in [0.25, 0.3) is 0 Å². The predicted molar refractivity (Wildman–Crippen MR) is 117 cm³/mol. The molecule has 0 aromatic heterocycles. The second-order valence-electron chi connectivity index (χ2n) is 8.48. The van der Waals surface area contributed by atoms with Crippen LogP contribution in [0.3, 0.4) is 0 Å². The summed E-state index contributed by atoms with van der Waals surface area (Å²) in [6.07, 6.45) is 4.78. The third-order valence-corrected chi connectivity index (χ3v) is 12.1. The van der Waals surface area contributed by atoms with Gasteiger partial charge in [0.25, 0.3) is 0 Å². The molecule has 4 N–H and O–H groups in total. The molecular weight excluding hydrogens is 344 g/mol. The van der Waals surface area contributed by atoms with Gasteiger partial charge in [0.05, 0.1) is 0 Å². The van der Waals surface area contributed by atoms with Crippen molar-refractivity contribution >= 4 is 16.6 Å². The summed E-state index contributed by atoms with van der Waals surface area (Å²) in [6.45, 7) is 16.0. The van der Waals surface area contributed by atoms with E-state index in [9.17, 15) is 0 Å². The van der Waals surface area contributed by atoms with E-state index in [1.165, 1.54) is 31.4 Å². The fourth-order valence-electron chi connectivity index (χ4n) is 3.25. The van der Waals surface area contributed by atoms with Crippen LogP contribution in [-0.2, 0) is 4.12 Å². The summed E-state index contributed by atoms with van der Waals surface area (Å²) in [4.78, 5) is 2.40. The van der Waals surface area contributed by atoms with E-state index in [0.717, 1.165) is 45.7 Å². The smallest absolute Gasteiger partial charge is 0.173 e. The van der Waals surface area contributed by atoms with Crippen molar-refractivity contribution in [3.05, 3.63) is 0 Å². The molecule has 0 unspecified atom stereocenters. The molecule has 7 heteroatoms. The van der Waals surface area contributed by atoms with E-state index in [-0.39, 0.29) is 0 Å². The van der Waals surface area contributed by atoms with Crippen molar-refractivity contribution in [3.8, 4) is 0 Å². The van der Waals surface area contributed by atoms with E-state index in [4.69, 9.17) is 9.85 Å². The van der Waals surface area contributed by atoms with E-state index in [2.05, 4.69) is 48.8 Å². The Balaban J connectivity index is 3.91. The fraction of sp³-hybridized carbons (Fsp3) is 1.00. The number of rotatable bonds is 17. The molecule has 0 rings (SSSR count). The zero-order valence-corrected chi connectivity index (χ0v) is 19.9. The summed E-state index contributed by atoms with van der Waals surface area (Å²) in [7, 11) is 1.14. The molecule has 0 heterocycles. The van der Waals surface area contributed by atoms with Gasteiger partial charge >= 0.3 is 0 Å². The average Bonchev–Trinajstić information content (AvgIpc) is 2.50. The summed E-state index contributed by atoms with van der Waals surface area (Å²) >= 11 is 0. The van der Waals surface area contributed by atoms with Gasteiger partial charge in [-0.05, 0) is 117 Å². The summed E-state index contributed by atoms with van der Waals surface area (Å²) in [6, 6.07) is 2.53. The summed E-state index contributed by atoms with van der Waals surface area (Å²) < 4.78 is 6.73. The number of nitrogens with zero attached hydrogens (tertiary/aromatic N) is 1. The van der Waals surface area contributed by atoms with Crippen molar-refractivity contribution in [2.45, 2.75) is 64.0 Å². The molecular formula is C18H46N4OSi2. The van der Waals surface area contributed by atoms with E-state index < -0.39 is 16.6 Å². The van der Waals surface area contributed by atoms with E-state index >= 15 is 0 Å². The SMILES string of the molecule is CNCCCNCCC[Si](C)(C)O[Si](C)(C)CCCN(C)CCCN. The number of nitrogens with one attached hydrogen (secondary N) is 2. The molecule has 0 fully saturated rings. The van der Waals surface area contributed by atoms with Crippen molar-refractivity contribution in [3.63, 3.8) is 0 Å². The molecule has 0 bridgehead atoms. The molecule has 0 aliphatic heterocycles. The first-order valence-electron chi connectivity index (χ1n) is 10.2. The third kappa shape index (κ3) is 16.2.